The molecule has 0 aliphatic heterocycles. The van der Waals surface area contributed by atoms with Crippen LogP contribution in [-0.4, -0.2) is 16.7 Å². The molecule has 23 heavy (non-hydrogen) atoms. The second-order valence-electron chi connectivity index (χ2n) is 5.70. The molecule has 2 aromatic rings. The fourth-order valence-corrected chi connectivity index (χ4v) is 4.49. The number of thiophene rings is 1. The number of fused-ring (bicyclic) bond motifs is 1. The number of hydrogen-bond acceptors (Lipinski definition) is 4. The quantitative estimate of drug-likeness (QED) is 0.497. The van der Waals surface area contributed by atoms with Crippen molar-refractivity contribution in [2.45, 2.75) is 32.6 Å². The van der Waals surface area contributed by atoms with Crippen LogP contribution in [0.4, 0.5) is 0 Å². The van der Waals surface area contributed by atoms with E-state index in [0.717, 1.165) is 40.4 Å². The molecule has 3 rings (SSSR count). The van der Waals surface area contributed by atoms with Gasteiger partial charge in [-0.05, 0) is 38.0 Å². The first-order chi connectivity index (χ1) is 11.0. The van der Waals surface area contributed by atoms with E-state index in [1.54, 1.807) is 11.3 Å². The number of nitrogens with two attached hydrogens (primary N) is 2. The van der Waals surface area contributed by atoms with Gasteiger partial charge in [-0.1, -0.05) is 11.6 Å². The van der Waals surface area contributed by atoms with Crippen molar-refractivity contribution in [3.63, 3.8) is 0 Å². The van der Waals surface area contributed by atoms with Crippen molar-refractivity contribution >= 4 is 34.6 Å². The summed E-state index contributed by atoms with van der Waals surface area (Å²) in [5.74, 6) is 0.198. The molecule has 1 aliphatic rings. The van der Waals surface area contributed by atoms with Crippen molar-refractivity contribution in [1.29, 1.82) is 0 Å². The van der Waals surface area contributed by atoms with Gasteiger partial charge in [0.1, 0.15) is 0 Å². The molecule has 0 radical (unpaired) electrons. The first-order valence-corrected chi connectivity index (χ1v) is 8.51. The van der Waals surface area contributed by atoms with E-state index in [9.17, 15) is 0 Å². The molecule has 120 valence electrons. The van der Waals surface area contributed by atoms with Gasteiger partial charge in [0.15, 0.2) is 0 Å². The van der Waals surface area contributed by atoms with Gasteiger partial charge in [-0.25, -0.2) is 0 Å². The van der Waals surface area contributed by atoms with Crippen LogP contribution in [0, 0.1) is 13.8 Å². The molecule has 0 saturated carbocycles. The molecule has 2 heterocycles. The largest absolute Gasteiger partial charge is 0.369 e. The van der Waals surface area contributed by atoms with E-state index >= 15 is 0 Å². The van der Waals surface area contributed by atoms with Crippen LogP contribution in [0.5, 0.6) is 0 Å². The summed E-state index contributed by atoms with van der Waals surface area (Å²) in [6.07, 6.45) is 3.42. The van der Waals surface area contributed by atoms with Crippen LogP contribution >= 0.6 is 22.9 Å². The van der Waals surface area contributed by atoms with Gasteiger partial charge in [-0.15, -0.1) is 16.4 Å². The Morgan fingerprint density at radius 1 is 1.35 bits per heavy atom. The maximum Gasteiger partial charge on any atom is 0.211 e. The molecule has 5 nitrogen and oxygen atoms in total. The Kier molecular flexibility index (Phi) is 4.37. The highest BCUT2D eigenvalue weighted by Crippen LogP contribution is 2.40. The van der Waals surface area contributed by atoms with Gasteiger partial charge < -0.3 is 11.5 Å². The minimum atomic E-state index is -0.0484. The zero-order valence-corrected chi connectivity index (χ0v) is 14.6. The molecule has 0 bridgehead atoms. The molecule has 0 saturated heterocycles. The highest BCUT2D eigenvalue weighted by molar-refractivity contribution is 7.12. The summed E-state index contributed by atoms with van der Waals surface area (Å²) in [4.78, 5) is 6.92. The lowest BCUT2D eigenvalue weighted by Crippen LogP contribution is -2.24. The second kappa shape index (κ2) is 6.29. The van der Waals surface area contributed by atoms with E-state index < -0.39 is 0 Å². The predicted octanol–water partition coefficient (Wildman–Crippen LogP) is 3.12. The van der Waals surface area contributed by atoms with Gasteiger partial charge in [-0.3, -0.25) is 4.98 Å². The SMILES string of the molecule is Cc1cc(Cl)c(C2C/C(=N/N=C(N)N)c3c(C)ccnc3C2)s1. The zero-order chi connectivity index (χ0) is 16.6. The van der Waals surface area contributed by atoms with E-state index in [1.807, 2.05) is 25.3 Å². The van der Waals surface area contributed by atoms with Crippen LogP contribution in [0.25, 0.3) is 0 Å². The predicted molar refractivity (Wildman–Crippen MR) is 96.4 cm³/mol. The lowest BCUT2D eigenvalue weighted by molar-refractivity contribution is 0.689. The maximum absolute atomic E-state index is 6.39. The van der Waals surface area contributed by atoms with Crippen LogP contribution in [-0.2, 0) is 6.42 Å². The summed E-state index contributed by atoms with van der Waals surface area (Å²) in [5.41, 5.74) is 14.9. The molecule has 0 aromatic carbocycles. The average Bonchev–Trinajstić information content (AvgIpc) is 2.83. The Labute approximate surface area is 144 Å². The summed E-state index contributed by atoms with van der Waals surface area (Å²) >= 11 is 8.12. The average molecular weight is 348 g/mol. The van der Waals surface area contributed by atoms with Crippen molar-refractivity contribution in [2.24, 2.45) is 21.7 Å². The number of halogens is 1. The third kappa shape index (κ3) is 3.23. The Morgan fingerprint density at radius 2 is 2.13 bits per heavy atom. The van der Waals surface area contributed by atoms with Crippen LogP contribution in [0.3, 0.4) is 0 Å². The number of rotatable bonds is 2. The molecule has 2 aromatic heterocycles. The first kappa shape index (κ1) is 16.0. The summed E-state index contributed by atoms with van der Waals surface area (Å²) in [7, 11) is 0. The molecular weight excluding hydrogens is 330 g/mol. The number of nitrogens with zero attached hydrogens (tertiary/aromatic N) is 3. The van der Waals surface area contributed by atoms with E-state index in [0.29, 0.717) is 0 Å². The molecule has 7 heteroatoms. The van der Waals surface area contributed by atoms with E-state index in [2.05, 4.69) is 22.1 Å². The summed E-state index contributed by atoms with van der Waals surface area (Å²) in [6.45, 7) is 4.11. The number of guanidine groups is 1. The Bertz CT molecular complexity index is 805. The van der Waals surface area contributed by atoms with Crippen LogP contribution in [0.15, 0.2) is 28.5 Å². The maximum atomic E-state index is 6.39. The van der Waals surface area contributed by atoms with Crippen molar-refractivity contribution in [1.82, 2.24) is 4.98 Å². The zero-order valence-electron chi connectivity index (χ0n) is 13.0. The third-order valence-electron chi connectivity index (χ3n) is 3.90. The first-order valence-electron chi connectivity index (χ1n) is 7.32. The molecule has 1 unspecified atom stereocenters. The van der Waals surface area contributed by atoms with Crippen LogP contribution in [0.1, 0.15) is 38.9 Å². The molecule has 0 amide bonds. The monoisotopic (exact) mass is 347 g/mol. The number of pyridine rings is 1. The number of hydrogen-bond donors (Lipinski definition) is 2. The minimum Gasteiger partial charge on any atom is -0.369 e. The Balaban J connectivity index is 2.08. The lowest BCUT2D eigenvalue weighted by atomic mass is 9.83. The summed E-state index contributed by atoms with van der Waals surface area (Å²) < 4.78 is 0. The van der Waals surface area contributed by atoms with E-state index in [4.69, 9.17) is 23.1 Å². The molecular formula is C16H18ClN5S. The molecule has 4 N–H and O–H groups in total. The molecule has 1 atom stereocenters. The van der Waals surface area contributed by atoms with Gasteiger partial charge in [0, 0.05) is 33.9 Å². The second-order valence-corrected chi connectivity index (χ2v) is 7.39. The van der Waals surface area contributed by atoms with Crippen LogP contribution in [0.2, 0.25) is 5.02 Å². The standard InChI is InChI=1S/C16H18ClN5S/c1-8-3-4-20-12-6-10(15-11(17)5-9(2)23-15)7-13(14(8)12)21-22-16(18)19/h3-5,10H,6-7H2,1-2H3,(H4,18,19,22)/b21-13-. The molecule has 0 spiro atoms. The molecule has 1 aliphatic carbocycles. The normalized spacial score (nSPS) is 18.7. The van der Waals surface area contributed by atoms with E-state index in [1.165, 1.54) is 9.75 Å². The number of aromatic nitrogens is 1. The Hall–Kier alpha value is -1.92. The highest BCUT2D eigenvalue weighted by atomic mass is 35.5. The van der Waals surface area contributed by atoms with Crippen molar-refractivity contribution < 1.29 is 0 Å². The lowest BCUT2D eigenvalue weighted by Gasteiger charge is -2.25. The highest BCUT2D eigenvalue weighted by Gasteiger charge is 2.29. The molecule has 0 fully saturated rings. The van der Waals surface area contributed by atoms with E-state index in [-0.39, 0.29) is 11.9 Å². The van der Waals surface area contributed by atoms with Gasteiger partial charge in [0.2, 0.25) is 5.96 Å². The summed E-state index contributed by atoms with van der Waals surface area (Å²) in [5, 5.41) is 8.93. The fraction of sp³-hybridized carbons (Fsp3) is 0.312. The van der Waals surface area contributed by atoms with Crippen molar-refractivity contribution in [2.75, 3.05) is 0 Å². The van der Waals surface area contributed by atoms with Gasteiger partial charge in [0.25, 0.3) is 0 Å². The van der Waals surface area contributed by atoms with Gasteiger partial charge in [-0.2, -0.15) is 5.10 Å². The van der Waals surface area contributed by atoms with Gasteiger partial charge in [0.05, 0.1) is 16.4 Å². The van der Waals surface area contributed by atoms with Crippen LogP contribution < -0.4 is 11.5 Å². The van der Waals surface area contributed by atoms with Crippen molar-refractivity contribution in [3.8, 4) is 0 Å². The summed E-state index contributed by atoms with van der Waals surface area (Å²) in [6, 6.07) is 3.99. The minimum absolute atomic E-state index is 0.0484. The number of aryl methyl sites for hydroxylation is 2. The topological polar surface area (TPSA) is 89.6 Å². The smallest absolute Gasteiger partial charge is 0.211 e. The fourth-order valence-electron chi connectivity index (χ4n) is 2.98. The Morgan fingerprint density at radius 3 is 2.78 bits per heavy atom. The van der Waals surface area contributed by atoms with Gasteiger partial charge >= 0.3 is 0 Å². The van der Waals surface area contributed by atoms with Crippen molar-refractivity contribution in [3.05, 3.63) is 49.9 Å². The third-order valence-corrected chi connectivity index (χ3v) is 5.54.